The molecule has 1 heterocycles. The number of thioether (sulfide) groups is 1. The third kappa shape index (κ3) is 4.61. The van der Waals surface area contributed by atoms with Crippen LogP contribution in [0.3, 0.4) is 0 Å². The van der Waals surface area contributed by atoms with Crippen LogP contribution in [0.5, 0.6) is 0 Å². The van der Waals surface area contributed by atoms with Gasteiger partial charge < -0.3 is 10.0 Å². The van der Waals surface area contributed by atoms with E-state index in [1.165, 1.54) is 4.90 Å². The van der Waals surface area contributed by atoms with Crippen molar-refractivity contribution in [3.05, 3.63) is 30.3 Å². The predicted molar refractivity (Wildman–Crippen MR) is 75.7 cm³/mol. The molecule has 0 amide bonds. The largest absolute Gasteiger partial charge is 0.392 e. The van der Waals surface area contributed by atoms with E-state index in [1.807, 2.05) is 18.2 Å². The smallest absolute Gasteiger partial charge is 0.0679 e. The number of aliphatic hydroxyl groups excluding tert-OH is 1. The number of nitrogens with zero attached hydrogens (tertiary/aromatic N) is 1. The molecule has 0 aliphatic carbocycles. The van der Waals surface area contributed by atoms with Crippen molar-refractivity contribution in [2.24, 2.45) is 0 Å². The van der Waals surface area contributed by atoms with Gasteiger partial charge in [0.15, 0.2) is 0 Å². The highest BCUT2D eigenvalue weighted by Crippen LogP contribution is 2.19. The van der Waals surface area contributed by atoms with Crippen molar-refractivity contribution in [1.29, 1.82) is 0 Å². The maximum atomic E-state index is 9.42. The van der Waals surface area contributed by atoms with E-state index in [1.54, 1.807) is 11.8 Å². The van der Waals surface area contributed by atoms with E-state index in [-0.39, 0.29) is 12.1 Å². The molecule has 2 N–H and O–H groups in total. The van der Waals surface area contributed by atoms with Gasteiger partial charge in [-0.25, -0.2) is 0 Å². The van der Waals surface area contributed by atoms with Crippen LogP contribution in [0.4, 0.5) is 0 Å². The van der Waals surface area contributed by atoms with Crippen LogP contribution >= 0.6 is 11.8 Å². The van der Waals surface area contributed by atoms with Crippen LogP contribution < -0.4 is 5.73 Å². The topological polar surface area (TPSA) is 47.3 Å². The number of hydrogen-bond donors (Lipinski definition) is 1. The number of benzene rings is 1. The van der Waals surface area contributed by atoms with Gasteiger partial charge in [-0.3, -0.25) is 5.73 Å². The minimum Gasteiger partial charge on any atom is -0.392 e. The standard InChI is InChI=1S/C14H21N2OS/c15-12(6-8-16-9-7-13(17)10-16)11-18-14-4-2-1-3-5-14/h1-5,12-13,15,17H,6-11H2/t12?,13-/m1/s1. The first-order valence-electron chi connectivity index (χ1n) is 6.53. The third-order valence-electron chi connectivity index (χ3n) is 3.24. The average molecular weight is 265 g/mol. The molecule has 4 heteroatoms. The maximum Gasteiger partial charge on any atom is 0.0679 e. The fourth-order valence-electron chi connectivity index (χ4n) is 2.15. The monoisotopic (exact) mass is 265 g/mol. The highest BCUT2D eigenvalue weighted by Gasteiger charge is 2.20. The summed E-state index contributed by atoms with van der Waals surface area (Å²) in [5, 5.41) is 9.42. The van der Waals surface area contributed by atoms with Crippen molar-refractivity contribution in [3.63, 3.8) is 0 Å². The molecule has 1 unspecified atom stereocenters. The first-order valence-corrected chi connectivity index (χ1v) is 7.52. The first-order chi connectivity index (χ1) is 8.74. The average Bonchev–Trinajstić information content (AvgIpc) is 2.81. The molecule has 1 aliphatic rings. The second-order valence-corrected chi connectivity index (χ2v) is 5.95. The molecule has 99 valence electrons. The van der Waals surface area contributed by atoms with Crippen molar-refractivity contribution in [2.45, 2.75) is 29.9 Å². The summed E-state index contributed by atoms with van der Waals surface area (Å²) in [6.07, 6.45) is 1.64. The molecule has 18 heavy (non-hydrogen) atoms. The maximum absolute atomic E-state index is 9.42. The van der Waals surface area contributed by atoms with E-state index in [2.05, 4.69) is 17.0 Å². The number of β-amino-alcohol motifs (C(OH)–C–C–N with tert-alkyl or cyclic N) is 1. The fraction of sp³-hybridized carbons (Fsp3) is 0.571. The Morgan fingerprint density at radius 1 is 1.39 bits per heavy atom. The minimum atomic E-state index is -0.145. The van der Waals surface area contributed by atoms with E-state index >= 15 is 0 Å². The van der Waals surface area contributed by atoms with Crippen molar-refractivity contribution in [2.75, 3.05) is 25.4 Å². The number of rotatable bonds is 6. The van der Waals surface area contributed by atoms with E-state index in [4.69, 9.17) is 5.73 Å². The van der Waals surface area contributed by atoms with Crippen LogP contribution in [-0.4, -0.2) is 47.5 Å². The van der Waals surface area contributed by atoms with Crippen molar-refractivity contribution in [3.8, 4) is 0 Å². The van der Waals surface area contributed by atoms with Gasteiger partial charge in [-0.15, -0.1) is 11.8 Å². The summed E-state index contributed by atoms with van der Waals surface area (Å²) in [4.78, 5) is 3.51. The van der Waals surface area contributed by atoms with Gasteiger partial charge in [-0.05, 0) is 31.5 Å². The Kier molecular flexibility index (Phi) is 5.50. The first kappa shape index (κ1) is 13.9. The number of likely N-dealkylation sites (tertiary alicyclic amines) is 1. The molecule has 0 aromatic heterocycles. The van der Waals surface area contributed by atoms with E-state index in [0.29, 0.717) is 0 Å². The molecule has 0 bridgehead atoms. The summed E-state index contributed by atoms with van der Waals surface area (Å²) in [7, 11) is 0. The van der Waals surface area contributed by atoms with E-state index in [9.17, 15) is 5.11 Å². The van der Waals surface area contributed by atoms with E-state index in [0.717, 1.165) is 38.2 Å². The van der Waals surface area contributed by atoms with E-state index < -0.39 is 0 Å². The lowest BCUT2D eigenvalue weighted by Gasteiger charge is -2.17. The summed E-state index contributed by atoms with van der Waals surface area (Å²) in [5.74, 6) is 0.848. The van der Waals surface area contributed by atoms with Crippen LogP contribution in [0.1, 0.15) is 12.8 Å². The lowest BCUT2D eigenvalue weighted by molar-refractivity contribution is 0.175. The highest BCUT2D eigenvalue weighted by molar-refractivity contribution is 7.99. The quantitative estimate of drug-likeness (QED) is 0.799. The lowest BCUT2D eigenvalue weighted by Crippen LogP contribution is -2.27. The van der Waals surface area contributed by atoms with Gasteiger partial charge in [-0.2, -0.15) is 0 Å². The zero-order valence-corrected chi connectivity index (χ0v) is 11.4. The van der Waals surface area contributed by atoms with Gasteiger partial charge in [0.1, 0.15) is 0 Å². The molecule has 2 atom stereocenters. The second kappa shape index (κ2) is 7.14. The Balaban J connectivity index is 1.62. The van der Waals surface area contributed by atoms with Crippen LogP contribution in [0.25, 0.3) is 0 Å². The van der Waals surface area contributed by atoms with Crippen molar-refractivity contribution >= 4 is 11.8 Å². The Labute approximate surface area is 113 Å². The van der Waals surface area contributed by atoms with Gasteiger partial charge in [-0.1, -0.05) is 18.2 Å². The van der Waals surface area contributed by atoms with Crippen LogP contribution in [0.15, 0.2) is 35.2 Å². The minimum absolute atomic E-state index is 0.0204. The summed E-state index contributed by atoms with van der Waals surface area (Å²) >= 11 is 1.76. The van der Waals surface area contributed by atoms with Gasteiger partial charge in [0, 0.05) is 29.8 Å². The van der Waals surface area contributed by atoms with Crippen LogP contribution in [-0.2, 0) is 0 Å². The predicted octanol–water partition coefficient (Wildman–Crippen LogP) is 1.89. The fourth-order valence-corrected chi connectivity index (χ4v) is 3.06. The highest BCUT2D eigenvalue weighted by atomic mass is 32.2. The molecule has 1 fully saturated rings. The molecule has 1 saturated heterocycles. The van der Waals surface area contributed by atoms with Crippen LogP contribution in [0, 0.1) is 0 Å². The molecular weight excluding hydrogens is 244 g/mol. The SMILES string of the molecule is [NH]C(CCN1CC[C@@H](O)C1)CSc1ccccc1. The molecule has 1 radical (unpaired) electrons. The van der Waals surface area contributed by atoms with Crippen LogP contribution in [0.2, 0.25) is 0 Å². The molecule has 0 spiro atoms. The Bertz CT molecular complexity index is 347. The zero-order chi connectivity index (χ0) is 12.8. The molecule has 1 aromatic rings. The summed E-state index contributed by atoms with van der Waals surface area (Å²) in [6.45, 7) is 2.72. The number of hydrogen-bond acceptors (Lipinski definition) is 3. The van der Waals surface area contributed by atoms with Gasteiger partial charge in [0.2, 0.25) is 0 Å². The van der Waals surface area contributed by atoms with Gasteiger partial charge in [0.25, 0.3) is 0 Å². The number of nitrogens with one attached hydrogen (secondary N) is 1. The second-order valence-electron chi connectivity index (χ2n) is 4.85. The summed E-state index contributed by atoms with van der Waals surface area (Å²) in [5.41, 5.74) is 8.03. The van der Waals surface area contributed by atoms with Crippen molar-refractivity contribution < 1.29 is 5.11 Å². The third-order valence-corrected chi connectivity index (χ3v) is 4.41. The lowest BCUT2D eigenvalue weighted by atomic mass is 10.2. The molecular formula is C14H21N2OS. The molecule has 0 saturated carbocycles. The Hall–Kier alpha value is -0.550. The Morgan fingerprint density at radius 3 is 2.83 bits per heavy atom. The Morgan fingerprint density at radius 2 is 2.17 bits per heavy atom. The molecule has 2 rings (SSSR count). The molecule has 1 aliphatic heterocycles. The van der Waals surface area contributed by atoms with Crippen molar-refractivity contribution in [1.82, 2.24) is 10.6 Å². The van der Waals surface area contributed by atoms with Gasteiger partial charge >= 0.3 is 0 Å². The zero-order valence-electron chi connectivity index (χ0n) is 10.6. The molecule has 3 nitrogen and oxygen atoms in total. The molecule has 1 aromatic carbocycles. The normalized spacial score (nSPS) is 22.2. The van der Waals surface area contributed by atoms with Gasteiger partial charge in [0.05, 0.1) is 6.10 Å². The number of aliphatic hydroxyl groups is 1. The summed E-state index contributed by atoms with van der Waals surface area (Å²) < 4.78 is 0. The summed E-state index contributed by atoms with van der Waals surface area (Å²) in [6, 6.07) is 10.2.